The Morgan fingerprint density at radius 1 is 1.25 bits per heavy atom. The van der Waals surface area contributed by atoms with E-state index in [-0.39, 0.29) is 5.91 Å². The fraction of sp³-hybridized carbons (Fsp3) is 0.0667. The molecule has 0 atom stereocenters. The van der Waals surface area contributed by atoms with Crippen molar-refractivity contribution >= 4 is 38.7 Å². The second-order valence-corrected chi connectivity index (χ2v) is 5.48. The molecule has 5 heteroatoms. The number of hydrogen-bond acceptors (Lipinski definition) is 4. The molecular weight excluding hydrogens is 270 g/mol. The quantitative estimate of drug-likeness (QED) is 0.757. The molecule has 0 radical (unpaired) electrons. The highest BCUT2D eigenvalue weighted by Crippen LogP contribution is 2.33. The average Bonchev–Trinajstić information content (AvgIpc) is 2.79. The molecule has 1 aromatic carbocycles. The number of nitrogens with one attached hydrogen (secondary N) is 1. The Balaban J connectivity index is 1.97. The van der Waals surface area contributed by atoms with Gasteiger partial charge in [-0.05, 0) is 25.1 Å². The Hall–Kier alpha value is -2.40. The molecular formula is C15H13N3OS. The summed E-state index contributed by atoms with van der Waals surface area (Å²) < 4.78 is 1.01. The molecule has 0 unspecified atom stereocenters. The maximum absolute atomic E-state index is 12.3. The monoisotopic (exact) mass is 283 g/mol. The van der Waals surface area contributed by atoms with E-state index in [2.05, 4.69) is 10.3 Å². The highest BCUT2D eigenvalue weighted by molar-refractivity contribution is 7.21. The van der Waals surface area contributed by atoms with Crippen LogP contribution in [0, 0.1) is 6.92 Å². The fourth-order valence-electron chi connectivity index (χ4n) is 2.03. The molecule has 20 heavy (non-hydrogen) atoms. The fourth-order valence-corrected chi connectivity index (χ4v) is 3.05. The van der Waals surface area contributed by atoms with Gasteiger partial charge in [0.05, 0.1) is 17.1 Å². The first kappa shape index (κ1) is 12.6. The summed E-state index contributed by atoms with van der Waals surface area (Å²) in [7, 11) is 0. The van der Waals surface area contributed by atoms with Crippen LogP contribution in [0.1, 0.15) is 15.4 Å². The first-order chi connectivity index (χ1) is 9.66. The molecule has 100 valence electrons. The van der Waals surface area contributed by atoms with Crippen molar-refractivity contribution in [1.29, 1.82) is 0 Å². The van der Waals surface area contributed by atoms with E-state index in [1.165, 1.54) is 11.3 Å². The number of carbonyl (C=O) groups excluding carboxylic acids is 1. The molecule has 0 spiro atoms. The summed E-state index contributed by atoms with van der Waals surface area (Å²) in [5.41, 5.74) is 8.08. The highest BCUT2D eigenvalue weighted by atomic mass is 32.1. The van der Waals surface area contributed by atoms with E-state index in [1.54, 1.807) is 12.3 Å². The summed E-state index contributed by atoms with van der Waals surface area (Å²) >= 11 is 1.40. The Labute approximate surface area is 120 Å². The van der Waals surface area contributed by atoms with Crippen LogP contribution in [0.3, 0.4) is 0 Å². The van der Waals surface area contributed by atoms with Crippen LogP contribution in [0.5, 0.6) is 0 Å². The van der Waals surface area contributed by atoms with Gasteiger partial charge in [0, 0.05) is 16.3 Å². The van der Waals surface area contributed by atoms with Gasteiger partial charge in [0.15, 0.2) is 0 Å². The molecule has 0 saturated heterocycles. The maximum Gasteiger partial charge on any atom is 0.267 e. The summed E-state index contributed by atoms with van der Waals surface area (Å²) in [6.07, 6.45) is 1.69. The Morgan fingerprint density at radius 2 is 2.05 bits per heavy atom. The van der Waals surface area contributed by atoms with Gasteiger partial charge in [0.25, 0.3) is 5.91 Å². The van der Waals surface area contributed by atoms with Crippen LogP contribution >= 0.6 is 11.3 Å². The van der Waals surface area contributed by atoms with Gasteiger partial charge in [-0.2, -0.15) is 0 Å². The SMILES string of the molecule is Cc1ncccc1NC(=O)c1sc2ccccc2c1N. The van der Waals surface area contributed by atoms with E-state index >= 15 is 0 Å². The third kappa shape index (κ3) is 2.12. The van der Waals surface area contributed by atoms with Gasteiger partial charge >= 0.3 is 0 Å². The molecule has 0 aliphatic rings. The Kier molecular flexibility index (Phi) is 3.12. The number of carbonyl (C=O) groups is 1. The van der Waals surface area contributed by atoms with Crippen molar-refractivity contribution in [2.75, 3.05) is 11.1 Å². The van der Waals surface area contributed by atoms with Gasteiger partial charge in [-0.25, -0.2) is 0 Å². The zero-order valence-electron chi connectivity index (χ0n) is 10.9. The number of rotatable bonds is 2. The van der Waals surface area contributed by atoms with E-state index < -0.39 is 0 Å². The standard InChI is InChI=1S/C15H13N3OS/c1-9-11(6-4-8-17-9)18-15(19)14-13(16)10-5-2-3-7-12(10)20-14/h2-8H,16H2,1H3,(H,18,19). The second kappa shape index (κ2) is 4.94. The van der Waals surface area contributed by atoms with Crippen molar-refractivity contribution in [2.45, 2.75) is 6.92 Å². The van der Waals surface area contributed by atoms with Crippen molar-refractivity contribution in [1.82, 2.24) is 4.98 Å². The average molecular weight is 283 g/mol. The van der Waals surface area contributed by atoms with Crippen LogP contribution in [-0.4, -0.2) is 10.9 Å². The van der Waals surface area contributed by atoms with Gasteiger partial charge in [-0.1, -0.05) is 18.2 Å². The van der Waals surface area contributed by atoms with E-state index in [4.69, 9.17) is 5.73 Å². The van der Waals surface area contributed by atoms with Crippen LogP contribution < -0.4 is 11.1 Å². The number of aromatic nitrogens is 1. The summed E-state index contributed by atoms with van der Waals surface area (Å²) in [4.78, 5) is 17.0. The number of benzene rings is 1. The van der Waals surface area contributed by atoms with E-state index in [0.717, 1.165) is 15.8 Å². The number of amides is 1. The summed E-state index contributed by atoms with van der Waals surface area (Å²) in [5.74, 6) is -0.195. The van der Waals surface area contributed by atoms with Gasteiger partial charge in [0.1, 0.15) is 4.88 Å². The molecule has 0 bridgehead atoms. The number of thiophene rings is 1. The lowest BCUT2D eigenvalue weighted by atomic mass is 10.2. The number of aryl methyl sites for hydroxylation is 1. The molecule has 1 amide bonds. The number of nitrogen functional groups attached to an aromatic ring is 1. The van der Waals surface area contributed by atoms with Crippen molar-refractivity contribution < 1.29 is 4.79 Å². The third-order valence-corrected chi connectivity index (χ3v) is 4.28. The van der Waals surface area contributed by atoms with Crippen LogP contribution in [-0.2, 0) is 0 Å². The largest absolute Gasteiger partial charge is 0.397 e. The normalized spacial score (nSPS) is 10.7. The molecule has 3 aromatic rings. The van der Waals surface area contributed by atoms with Gasteiger partial charge in [-0.15, -0.1) is 11.3 Å². The molecule has 3 rings (SSSR count). The summed E-state index contributed by atoms with van der Waals surface area (Å²) in [6.45, 7) is 1.85. The van der Waals surface area contributed by atoms with Crippen LogP contribution in [0.15, 0.2) is 42.6 Å². The molecule has 3 N–H and O–H groups in total. The Morgan fingerprint density at radius 3 is 2.80 bits per heavy atom. The minimum Gasteiger partial charge on any atom is -0.397 e. The topological polar surface area (TPSA) is 68.0 Å². The number of nitrogens with two attached hydrogens (primary N) is 1. The number of pyridine rings is 1. The molecule has 0 saturated carbocycles. The molecule has 4 nitrogen and oxygen atoms in total. The predicted octanol–water partition coefficient (Wildman–Crippen LogP) is 3.44. The lowest BCUT2D eigenvalue weighted by Crippen LogP contribution is -2.13. The first-order valence-electron chi connectivity index (χ1n) is 6.17. The lowest BCUT2D eigenvalue weighted by molar-refractivity contribution is 0.103. The van der Waals surface area contributed by atoms with Gasteiger partial charge in [-0.3, -0.25) is 9.78 Å². The Bertz CT molecular complexity index is 795. The van der Waals surface area contributed by atoms with Crippen LogP contribution in [0.25, 0.3) is 10.1 Å². The number of fused-ring (bicyclic) bond motifs is 1. The number of nitrogens with zero attached hydrogens (tertiary/aromatic N) is 1. The minimum atomic E-state index is -0.195. The van der Waals surface area contributed by atoms with E-state index in [0.29, 0.717) is 16.3 Å². The predicted molar refractivity (Wildman–Crippen MR) is 83.2 cm³/mol. The van der Waals surface area contributed by atoms with Crippen molar-refractivity contribution in [3.8, 4) is 0 Å². The smallest absolute Gasteiger partial charge is 0.267 e. The van der Waals surface area contributed by atoms with Crippen LogP contribution in [0.4, 0.5) is 11.4 Å². The molecule has 0 aliphatic heterocycles. The second-order valence-electron chi connectivity index (χ2n) is 4.43. The molecule has 0 aliphatic carbocycles. The first-order valence-corrected chi connectivity index (χ1v) is 6.98. The van der Waals surface area contributed by atoms with Crippen LogP contribution in [0.2, 0.25) is 0 Å². The summed E-state index contributed by atoms with van der Waals surface area (Å²) in [6, 6.07) is 11.3. The van der Waals surface area contributed by atoms with E-state index in [9.17, 15) is 4.79 Å². The van der Waals surface area contributed by atoms with Crippen molar-refractivity contribution in [2.24, 2.45) is 0 Å². The summed E-state index contributed by atoms with van der Waals surface area (Å²) in [5, 5.41) is 3.78. The van der Waals surface area contributed by atoms with Gasteiger partial charge < -0.3 is 11.1 Å². The molecule has 2 aromatic heterocycles. The highest BCUT2D eigenvalue weighted by Gasteiger charge is 2.16. The number of hydrogen-bond donors (Lipinski definition) is 2. The van der Waals surface area contributed by atoms with Crippen molar-refractivity contribution in [3.05, 3.63) is 53.2 Å². The minimum absolute atomic E-state index is 0.195. The zero-order chi connectivity index (χ0) is 14.1. The van der Waals surface area contributed by atoms with E-state index in [1.807, 2.05) is 37.3 Å². The maximum atomic E-state index is 12.3. The van der Waals surface area contributed by atoms with Gasteiger partial charge in [0.2, 0.25) is 0 Å². The molecule has 2 heterocycles. The zero-order valence-corrected chi connectivity index (χ0v) is 11.7. The lowest BCUT2D eigenvalue weighted by Gasteiger charge is -2.06. The molecule has 0 fully saturated rings. The van der Waals surface area contributed by atoms with Crippen molar-refractivity contribution in [3.63, 3.8) is 0 Å². The third-order valence-electron chi connectivity index (χ3n) is 3.10. The number of anilines is 2.